The summed E-state index contributed by atoms with van der Waals surface area (Å²) in [7, 11) is 0. The molecule has 0 aromatic rings. The SMILES string of the molecule is C/C=C(/C)C[CH]/C=C(\C)CC/C=C(\C)CCC=C(C)C. The summed E-state index contributed by atoms with van der Waals surface area (Å²) < 4.78 is 0. The van der Waals surface area contributed by atoms with Gasteiger partial charge < -0.3 is 0 Å². The number of hydrogen-bond acceptors (Lipinski definition) is 0. The Balaban J connectivity index is 3.91. The second-order valence-corrected chi connectivity index (χ2v) is 6.00. The molecule has 0 saturated carbocycles. The van der Waals surface area contributed by atoms with Crippen LogP contribution in [0.25, 0.3) is 0 Å². The Morgan fingerprint density at radius 3 is 1.95 bits per heavy atom. The molecule has 20 heavy (non-hydrogen) atoms. The normalized spacial score (nSPS) is 13.6. The van der Waals surface area contributed by atoms with E-state index < -0.39 is 0 Å². The summed E-state index contributed by atoms with van der Waals surface area (Å²) in [4.78, 5) is 0. The van der Waals surface area contributed by atoms with Gasteiger partial charge in [0.2, 0.25) is 0 Å². The zero-order valence-electron chi connectivity index (χ0n) is 14.4. The Hall–Kier alpha value is -1.04. The minimum atomic E-state index is 1.07. The van der Waals surface area contributed by atoms with Crippen LogP contribution in [-0.4, -0.2) is 0 Å². The Morgan fingerprint density at radius 2 is 1.35 bits per heavy atom. The number of rotatable bonds is 9. The fraction of sp³-hybridized carbons (Fsp3) is 0.550. The quantitative estimate of drug-likeness (QED) is 0.398. The standard InChI is InChI=1S/C20H33/c1-7-18(4)12-9-14-20(6)16-10-15-19(5)13-8-11-17(2)3/h7,9,11,14-15H,8,10,12-13,16H2,1-6H3/b18-7-,19-15+,20-14+. The van der Waals surface area contributed by atoms with E-state index in [-0.39, 0.29) is 0 Å². The third-order valence-electron chi connectivity index (χ3n) is 3.46. The van der Waals surface area contributed by atoms with E-state index in [2.05, 4.69) is 72.3 Å². The van der Waals surface area contributed by atoms with E-state index in [0.717, 1.165) is 6.42 Å². The van der Waals surface area contributed by atoms with E-state index in [9.17, 15) is 0 Å². The number of allylic oxidation sites excluding steroid dienone is 8. The Kier molecular flexibility index (Phi) is 11.1. The molecule has 0 heterocycles. The first-order chi connectivity index (χ1) is 9.45. The smallest absolute Gasteiger partial charge is 0.0128 e. The number of hydrogen-bond donors (Lipinski definition) is 0. The summed E-state index contributed by atoms with van der Waals surface area (Å²) in [6.07, 6.45) is 17.2. The molecule has 0 spiro atoms. The molecule has 0 heteroatoms. The Bertz CT molecular complexity index is 371. The zero-order chi connectivity index (χ0) is 15.4. The van der Waals surface area contributed by atoms with Crippen molar-refractivity contribution in [2.45, 2.75) is 73.6 Å². The molecule has 0 N–H and O–H groups in total. The average molecular weight is 273 g/mol. The van der Waals surface area contributed by atoms with Gasteiger partial charge in [0.1, 0.15) is 0 Å². The van der Waals surface area contributed by atoms with E-state index in [0.29, 0.717) is 0 Å². The third kappa shape index (κ3) is 12.0. The van der Waals surface area contributed by atoms with E-state index in [4.69, 9.17) is 0 Å². The molecular formula is C20H33. The van der Waals surface area contributed by atoms with Crippen LogP contribution in [-0.2, 0) is 0 Å². The van der Waals surface area contributed by atoms with Gasteiger partial charge in [0.05, 0.1) is 0 Å². The van der Waals surface area contributed by atoms with Gasteiger partial charge in [0.15, 0.2) is 0 Å². The molecule has 0 aliphatic heterocycles. The molecule has 0 amide bonds. The lowest BCUT2D eigenvalue weighted by atomic mass is 10.0. The average Bonchev–Trinajstić information content (AvgIpc) is 2.38. The van der Waals surface area contributed by atoms with E-state index >= 15 is 0 Å². The predicted octanol–water partition coefficient (Wildman–Crippen LogP) is 6.97. The van der Waals surface area contributed by atoms with E-state index in [1.807, 2.05) is 0 Å². The third-order valence-corrected chi connectivity index (χ3v) is 3.46. The van der Waals surface area contributed by atoms with Crippen LogP contribution in [0.5, 0.6) is 0 Å². The van der Waals surface area contributed by atoms with Crippen molar-refractivity contribution in [1.82, 2.24) is 0 Å². The first-order valence-corrected chi connectivity index (χ1v) is 7.85. The Labute approximate surface area is 127 Å². The maximum atomic E-state index is 2.40. The molecule has 113 valence electrons. The summed E-state index contributed by atoms with van der Waals surface area (Å²) in [5.74, 6) is 0. The van der Waals surface area contributed by atoms with Crippen LogP contribution in [0, 0.1) is 6.42 Å². The van der Waals surface area contributed by atoms with Gasteiger partial charge >= 0.3 is 0 Å². The van der Waals surface area contributed by atoms with Crippen molar-refractivity contribution in [3.63, 3.8) is 0 Å². The summed E-state index contributed by atoms with van der Waals surface area (Å²) in [6.45, 7) is 13.1. The first kappa shape index (κ1) is 19.0. The van der Waals surface area contributed by atoms with Gasteiger partial charge in [-0.25, -0.2) is 0 Å². The highest BCUT2D eigenvalue weighted by atomic mass is 14.0. The molecule has 0 nitrogen and oxygen atoms in total. The Morgan fingerprint density at radius 1 is 0.750 bits per heavy atom. The van der Waals surface area contributed by atoms with Gasteiger partial charge in [-0.15, -0.1) is 0 Å². The monoisotopic (exact) mass is 273 g/mol. The van der Waals surface area contributed by atoms with Crippen molar-refractivity contribution in [3.05, 3.63) is 53.0 Å². The van der Waals surface area contributed by atoms with Crippen molar-refractivity contribution in [1.29, 1.82) is 0 Å². The molecule has 0 aromatic heterocycles. The fourth-order valence-corrected chi connectivity index (χ4v) is 1.88. The lowest BCUT2D eigenvalue weighted by Crippen LogP contribution is -1.82. The first-order valence-electron chi connectivity index (χ1n) is 7.85. The maximum absolute atomic E-state index is 2.40. The molecule has 0 atom stereocenters. The highest BCUT2D eigenvalue weighted by Gasteiger charge is 1.93. The zero-order valence-corrected chi connectivity index (χ0v) is 14.4. The van der Waals surface area contributed by atoms with Crippen LogP contribution < -0.4 is 0 Å². The van der Waals surface area contributed by atoms with Crippen molar-refractivity contribution in [2.75, 3.05) is 0 Å². The van der Waals surface area contributed by atoms with Gasteiger partial charge in [-0.2, -0.15) is 0 Å². The summed E-state index contributed by atoms with van der Waals surface area (Å²) in [5.41, 5.74) is 5.85. The second kappa shape index (κ2) is 11.8. The minimum absolute atomic E-state index is 1.07. The van der Waals surface area contributed by atoms with Crippen LogP contribution in [0.2, 0.25) is 0 Å². The molecule has 0 aliphatic carbocycles. The summed E-state index contributed by atoms with van der Waals surface area (Å²) >= 11 is 0. The molecule has 1 radical (unpaired) electrons. The van der Waals surface area contributed by atoms with Crippen molar-refractivity contribution < 1.29 is 0 Å². The summed E-state index contributed by atoms with van der Waals surface area (Å²) in [5, 5.41) is 0. The topological polar surface area (TPSA) is 0 Å². The highest BCUT2D eigenvalue weighted by molar-refractivity contribution is 5.12. The molecule has 0 aromatic carbocycles. The molecule has 0 saturated heterocycles. The molecule has 0 unspecified atom stereocenters. The van der Waals surface area contributed by atoms with Crippen LogP contribution >= 0.6 is 0 Å². The van der Waals surface area contributed by atoms with Gasteiger partial charge in [0, 0.05) is 0 Å². The van der Waals surface area contributed by atoms with Crippen LogP contribution in [0.15, 0.2) is 46.6 Å². The second-order valence-electron chi connectivity index (χ2n) is 6.00. The molecule has 0 bridgehead atoms. The minimum Gasteiger partial charge on any atom is -0.0887 e. The fourth-order valence-electron chi connectivity index (χ4n) is 1.88. The van der Waals surface area contributed by atoms with Crippen molar-refractivity contribution >= 4 is 0 Å². The lowest BCUT2D eigenvalue weighted by molar-refractivity contribution is 0.916. The largest absolute Gasteiger partial charge is 0.0887 e. The molecule has 0 rings (SSSR count). The van der Waals surface area contributed by atoms with Gasteiger partial charge in [-0.1, -0.05) is 46.6 Å². The van der Waals surface area contributed by atoms with Gasteiger partial charge in [-0.05, 0) is 80.1 Å². The molecular weight excluding hydrogens is 240 g/mol. The van der Waals surface area contributed by atoms with Gasteiger partial charge in [-0.3, -0.25) is 0 Å². The van der Waals surface area contributed by atoms with E-state index in [1.165, 1.54) is 48.0 Å². The highest BCUT2D eigenvalue weighted by Crippen LogP contribution is 2.12. The lowest BCUT2D eigenvalue weighted by Gasteiger charge is -2.02. The van der Waals surface area contributed by atoms with Crippen LogP contribution in [0.4, 0.5) is 0 Å². The van der Waals surface area contributed by atoms with Crippen molar-refractivity contribution in [2.24, 2.45) is 0 Å². The maximum Gasteiger partial charge on any atom is -0.0128 e. The van der Waals surface area contributed by atoms with Crippen LogP contribution in [0.1, 0.15) is 73.6 Å². The predicted molar refractivity (Wildman–Crippen MR) is 93.8 cm³/mol. The molecule has 0 aliphatic rings. The van der Waals surface area contributed by atoms with E-state index in [1.54, 1.807) is 0 Å². The van der Waals surface area contributed by atoms with Gasteiger partial charge in [0.25, 0.3) is 0 Å². The summed E-state index contributed by atoms with van der Waals surface area (Å²) in [6, 6.07) is 0. The molecule has 0 fully saturated rings. The van der Waals surface area contributed by atoms with Crippen molar-refractivity contribution in [3.8, 4) is 0 Å². The van der Waals surface area contributed by atoms with Crippen LogP contribution in [0.3, 0.4) is 0 Å².